The van der Waals surface area contributed by atoms with E-state index in [9.17, 15) is 9.59 Å². The number of nitrogens with two attached hydrogens (primary N) is 1. The molecule has 1 saturated heterocycles. The molecule has 1 aromatic heterocycles. The minimum atomic E-state index is -0.337. The monoisotopic (exact) mass is 372 g/mol. The Morgan fingerprint density at radius 3 is 2.38 bits per heavy atom. The van der Waals surface area contributed by atoms with E-state index in [2.05, 4.69) is 60.2 Å². The fourth-order valence-electron chi connectivity index (χ4n) is 3.23. The van der Waals surface area contributed by atoms with Crippen molar-refractivity contribution in [3.63, 3.8) is 0 Å². The van der Waals surface area contributed by atoms with Crippen LogP contribution in [0.1, 0.15) is 48.7 Å². The van der Waals surface area contributed by atoms with Crippen molar-refractivity contribution >= 4 is 23.3 Å². The summed E-state index contributed by atoms with van der Waals surface area (Å²) >= 11 is 1.69. The molecular weight excluding hydrogens is 346 g/mol. The van der Waals surface area contributed by atoms with Gasteiger partial charge in [-0.1, -0.05) is 44.2 Å². The van der Waals surface area contributed by atoms with Crippen molar-refractivity contribution in [1.82, 2.24) is 10.2 Å². The number of hydrogen-bond acceptors (Lipinski definition) is 3. The summed E-state index contributed by atoms with van der Waals surface area (Å²) in [6.45, 7) is 7.21. The predicted molar refractivity (Wildman–Crippen MR) is 103 cm³/mol. The molecule has 1 aliphatic heterocycles. The summed E-state index contributed by atoms with van der Waals surface area (Å²) in [6, 6.07) is 12.2. The average molecular weight is 373 g/mol. The first-order valence-electron chi connectivity index (χ1n) is 9.05. The molecule has 1 aromatic carbocycles. The zero-order valence-electron chi connectivity index (χ0n) is 15.4. The van der Waals surface area contributed by atoms with Gasteiger partial charge in [0.25, 0.3) is 5.91 Å². The van der Waals surface area contributed by atoms with Gasteiger partial charge < -0.3 is 10.6 Å². The van der Waals surface area contributed by atoms with E-state index in [0.29, 0.717) is 19.0 Å². The number of nitrogens with zero attached hydrogens (tertiary/aromatic N) is 1. The van der Waals surface area contributed by atoms with E-state index in [0.717, 1.165) is 0 Å². The van der Waals surface area contributed by atoms with E-state index < -0.39 is 0 Å². The third-order valence-electron chi connectivity index (χ3n) is 4.81. The number of amides is 3. The standard InChI is InChI=1S/C20H25N3O2S/c1-13(2)15-6-8-16(9-7-15)18(17-5-4-12-26-17)22-14(3)19(24)23-11-10-21-20(23)25/h4-9,12-14,18,22H,10-11H2,1-3H3,(H,21,25)/p+1/t14-,18+/m0/s1. The van der Waals surface area contributed by atoms with Gasteiger partial charge in [0.2, 0.25) is 0 Å². The first kappa shape index (κ1) is 18.6. The van der Waals surface area contributed by atoms with Crippen LogP contribution in [0, 0.1) is 0 Å². The number of benzene rings is 1. The molecule has 0 bridgehead atoms. The van der Waals surface area contributed by atoms with Crippen LogP contribution in [-0.2, 0) is 4.79 Å². The fourth-order valence-corrected chi connectivity index (χ4v) is 4.06. The molecule has 0 spiro atoms. The molecule has 6 heteroatoms. The van der Waals surface area contributed by atoms with Crippen LogP contribution in [0.5, 0.6) is 0 Å². The molecule has 2 heterocycles. The van der Waals surface area contributed by atoms with Crippen LogP contribution >= 0.6 is 11.3 Å². The Balaban J connectivity index is 1.80. The molecule has 0 unspecified atom stereocenters. The van der Waals surface area contributed by atoms with Crippen molar-refractivity contribution in [2.24, 2.45) is 0 Å². The van der Waals surface area contributed by atoms with Crippen LogP contribution in [0.2, 0.25) is 0 Å². The van der Waals surface area contributed by atoms with E-state index in [1.165, 1.54) is 20.9 Å². The molecule has 26 heavy (non-hydrogen) atoms. The first-order chi connectivity index (χ1) is 12.5. The molecule has 0 aliphatic carbocycles. The molecule has 2 aromatic rings. The zero-order chi connectivity index (χ0) is 18.7. The van der Waals surface area contributed by atoms with Gasteiger partial charge in [-0.05, 0) is 29.9 Å². The zero-order valence-corrected chi connectivity index (χ0v) is 16.3. The van der Waals surface area contributed by atoms with Crippen LogP contribution in [-0.4, -0.2) is 36.0 Å². The van der Waals surface area contributed by atoms with E-state index in [-0.39, 0.29) is 24.0 Å². The summed E-state index contributed by atoms with van der Waals surface area (Å²) in [5.41, 5.74) is 2.47. The van der Waals surface area contributed by atoms with Crippen molar-refractivity contribution in [1.29, 1.82) is 0 Å². The molecule has 1 fully saturated rings. The topological polar surface area (TPSA) is 66.0 Å². The van der Waals surface area contributed by atoms with Crippen molar-refractivity contribution in [3.05, 3.63) is 57.8 Å². The van der Waals surface area contributed by atoms with E-state index in [1.807, 2.05) is 13.0 Å². The third-order valence-corrected chi connectivity index (χ3v) is 5.76. The van der Waals surface area contributed by atoms with Gasteiger partial charge in [-0.15, -0.1) is 11.3 Å². The normalized spacial score (nSPS) is 16.6. The predicted octanol–water partition coefficient (Wildman–Crippen LogP) is 2.46. The smallest absolute Gasteiger partial charge is 0.324 e. The first-order valence-corrected chi connectivity index (χ1v) is 9.92. The molecular formula is C20H26N3O2S+. The van der Waals surface area contributed by atoms with Crippen molar-refractivity contribution in [3.8, 4) is 0 Å². The Morgan fingerprint density at radius 2 is 1.85 bits per heavy atom. The number of hydrogen-bond donors (Lipinski definition) is 2. The minimum Gasteiger partial charge on any atom is -0.336 e. The number of carbonyl (C=O) groups is 2. The second-order valence-corrected chi connectivity index (χ2v) is 8.00. The van der Waals surface area contributed by atoms with Gasteiger partial charge >= 0.3 is 6.03 Å². The van der Waals surface area contributed by atoms with Gasteiger partial charge in [0.1, 0.15) is 6.04 Å². The van der Waals surface area contributed by atoms with Crippen LogP contribution in [0.4, 0.5) is 4.79 Å². The number of thiophene rings is 1. The Morgan fingerprint density at radius 1 is 1.15 bits per heavy atom. The highest BCUT2D eigenvalue weighted by atomic mass is 32.1. The van der Waals surface area contributed by atoms with Crippen LogP contribution in [0.25, 0.3) is 0 Å². The minimum absolute atomic E-state index is 0.0424. The van der Waals surface area contributed by atoms with E-state index in [1.54, 1.807) is 11.3 Å². The summed E-state index contributed by atoms with van der Waals surface area (Å²) in [5, 5.41) is 6.80. The maximum Gasteiger partial charge on any atom is 0.324 e. The highest BCUT2D eigenvalue weighted by Gasteiger charge is 2.33. The lowest BCUT2D eigenvalue weighted by Crippen LogP contribution is -2.92. The fraction of sp³-hybridized carbons (Fsp3) is 0.400. The SMILES string of the molecule is CC(C)c1ccc([C@@H]([NH2+][C@@H](C)C(=O)N2CCNC2=O)c2cccs2)cc1. The van der Waals surface area contributed by atoms with Crippen molar-refractivity contribution < 1.29 is 14.9 Å². The largest absolute Gasteiger partial charge is 0.336 e. The van der Waals surface area contributed by atoms with E-state index in [4.69, 9.17) is 0 Å². The molecule has 0 radical (unpaired) electrons. The summed E-state index contributed by atoms with van der Waals surface area (Å²) in [6.07, 6.45) is 0. The molecule has 1 aliphatic rings. The number of quaternary nitrogens is 1. The third kappa shape index (κ3) is 3.97. The molecule has 3 rings (SSSR count). The highest BCUT2D eigenvalue weighted by Crippen LogP contribution is 2.25. The Bertz CT molecular complexity index is 756. The van der Waals surface area contributed by atoms with Gasteiger partial charge in [-0.2, -0.15) is 0 Å². The lowest BCUT2D eigenvalue weighted by Gasteiger charge is -2.22. The number of rotatable bonds is 6. The number of carbonyl (C=O) groups excluding carboxylic acids is 2. The molecule has 3 N–H and O–H groups in total. The summed E-state index contributed by atoms with van der Waals surface area (Å²) in [4.78, 5) is 27.0. The second-order valence-electron chi connectivity index (χ2n) is 7.02. The van der Waals surface area contributed by atoms with Crippen LogP contribution < -0.4 is 10.6 Å². The average Bonchev–Trinajstić information content (AvgIpc) is 3.30. The van der Waals surface area contributed by atoms with Crippen LogP contribution in [0.15, 0.2) is 41.8 Å². The van der Waals surface area contributed by atoms with Crippen molar-refractivity contribution in [2.75, 3.05) is 13.1 Å². The molecule has 5 nitrogen and oxygen atoms in total. The second kappa shape index (κ2) is 8.01. The highest BCUT2D eigenvalue weighted by molar-refractivity contribution is 7.10. The Labute approximate surface area is 158 Å². The Kier molecular flexibility index (Phi) is 5.74. The van der Waals surface area contributed by atoms with Crippen LogP contribution in [0.3, 0.4) is 0 Å². The molecule has 2 atom stereocenters. The van der Waals surface area contributed by atoms with Crippen molar-refractivity contribution in [2.45, 2.75) is 38.8 Å². The summed E-state index contributed by atoms with van der Waals surface area (Å²) in [7, 11) is 0. The van der Waals surface area contributed by atoms with Gasteiger partial charge in [0.15, 0.2) is 6.04 Å². The van der Waals surface area contributed by atoms with Gasteiger partial charge in [-0.25, -0.2) is 4.79 Å². The lowest BCUT2D eigenvalue weighted by atomic mass is 9.98. The maximum atomic E-state index is 12.7. The van der Waals surface area contributed by atoms with Gasteiger partial charge in [0, 0.05) is 18.7 Å². The molecule has 138 valence electrons. The Hall–Kier alpha value is -2.18. The lowest BCUT2D eigenvalue weighted by molar-refractivity contribution is -0.704. The molecule has 3 amide bonds. The van der Waals surface area contributed by atoms with E-state index >= 15 is 0 Å². The van der Waals surface area contributed by atoms with Gasteiger partial charge in [-0.3, -0.25) is 9.69 Å². The summed E-state index contributed by atoms with van der Waals surface area (Å²) in [5.74, 6) is 0.350. The number of imide groups is 1. The number of urea groups is 1. The maximum absolute atomic E-state index is 12.7. The molecule has 0 saturated carbocycles. The summed E-state index contributed by atoms with van der Waals surface area (Å²) < 4.78 is 0. The quantitative estimate of drug-likeness (QED) is 0.818. The number of nitrogens with one attached hydrogen (secondary N) is 1. The van der Waals surface area contributed by atoms with Gasteiger partial charge in [0.05, 0.1) is 4.88 Å².